The van der Waals surface area contributed by atoms with E-state index in [2.05, 4.69) is 15.3 Å². The molecule has 1 heterocycles. The van der Waals surface area contributed by atoms with Gasteiger partial charge < -0.3 is 10.1 Å². The molecule has 0 fully saturated rings. The molecule has 0 aliphatic heterocycles. The molecule has 0 bridgehead atoms. The minimum absolute atomic E-state index is 0.00850. The van der Waals surface area contributed by atoms with E-state index in [-0.39, 0.29) is 28.3 Å². The van der Waals surface area contributed by atoms with Crippen LogP contribution in [-0.2, 0) is 5.41 Å². The number of nitrogens with zero attached hydrogens (tertiary/aromatic N) is 3. The first-order chi connectivity index (χ1) is 9.45. The topological polar surface area (TPSA) is 90.2 Å². The summed E-state index contributed by atoms with van der Waals surface area (Å²) in [6.07, 6.45) is 0. The van der Waals surface area contributed by atoms with Crippen LogP contribution in [0.5, 0.6) is 5.88 Å². The molecule has 1 aromatic rings. The number of aromatic nitrogens is 2. The van der Waals surface area contributed by atoms with Gasteiger partial charge in [0.25, 0.3) is 5.88 Å². The van der Waals surface area contributed by atoms with E-state index in [1.54, 1.807) is 6.92 Å². The van der Waals surface area contributed by atoms with Crippen molar-refractivity contribution >= 4 is 11.5 Å². The number of nitrogens with one attached hydrogen (secondary N) is 1. The van der Waals surface area contributed by atoms with Crippen molar-refractivity contribution in [3.8, 4) is 5.88 Å². The second-order valence-corrected chi connectivity index (χ2v) is 6.86. The number of nitro groups is 1. The second-order valence-electron chi connectivity index (χ2n) is 6.86. The maximum atomic E-state index is 11.4. The Morgan fingerprint density at radius 2 is 1.76 bits per heavy atom. The van der Waals surface area contributed by atoms with Crippen molar-refractivity contribution < 1.29 is 9.66 Å². The molecule has 1 N–H and O–H groups in total. The largest absolute Gasteiger partial charge is 0.473 e. The maximum Gasteiger partial charge on any atom is 0.372 e. The van der Waals surface area contributed by atoms with Crippen LogP contribution in [0.1, 0.15) is 54.3 Å². The van der Waals surface area contributed by atoms with Gasteiger partial charge in [-0.3, -0.25) is 10.1 Å². The third-order valence-electron chi connectivity index (χ3n) is 2.48. The maximum absolute atomic E-state index is 11.4. The molecule has 0 aliphatic carbocycles. The molecule has 0 saturated carbocycles. The summed E-state index contributed by atoms with van der Waals surface area (Å²) in [5.74, 6) is 0.702. The van der Waals surface area contributed by atoms with Gasteiger partial charge in [0.05, 0.1) is 11.5 Å². The lowest BCUT2D eigenvalue weighted by molar-refractivity contribution is -0.385. The molecule has 7 nitrogen and oxygen atoms in total. The highest BCUT2D eigenvalue weighted by atomic mass is 16.6. The van der Waals surface area contributed by atoms with E-state index < -0.39 is 4.92 Å². The molecule has 0 unspecified atom stereocenters. The Balaban J connectivity index is 3.55. The van der Waals surface area contributed by atoms with Crippen molar-refractivity contribution in [2.24, 2.45) is 0 Å². The number of hydrogen-bond donors (Lipinski definition) is 1. The van der Waals surface area contributed by atoms with Gasteiger partial charge in [0, 0.05) is 11.0 Å². The average Bonchev–Trinajstić information content (AvgIpc) is 2.24. The highest BCUT2D eigenvalue weighted by Crippen LogP contribution is 2.35. The molecule has 0 spiro atoms. The van der Waals surface area contributed by atoms with Crippen LogP contribution in [-0.4, -0.2) is 27.0 Å². The number of hydrogen-bond acceptors (Lipinski definition) is 6. The monoisotopic (exact) mass is 296 g/mol. The summed E-state index contributed by atoms with van der Waals surface area (Å²) in [7, 11) is 0. The zero-order valence-electron chi connectivity index (χ0n) is 13.8. The van der Waals surface area contributed by atoms with Crippen molar-refractivity contribution in [3.05, 3.63) is 15.9 Å². The van der Waals surface area contributed by atoms with E-state index in [0.717, 1.165) is 0 Å². The van der Waals surface area contributed by atoms with Crippen LogP contribution in [0.4, 0.5) is 11.5 Å². The van der Waals surface area contributed by atoms with Crippen molar-refractivity contribution in [2.45, 2.75) is 59.4 Å². The fraction of sp³-hybridized carbons (Fsp3) is 0.714. The number of anilines is 1. The summed E-state index contributed by atoms with van der Waals surface area (Å²) in [4.78, 5) is 19.4. The standard InChI is InChI=1S/C14H24N4O3/c1-8-21-11-9(18(19)20)10(17-14(5,6)7)15-12(16-11)13(2,3)4/h8H2,1-7H3,(H,15,16,17). The third-order valence-corrected chi connectivity index (χ3v) is 2.48. The van der Waals surface area contributed by atoms with Crippen molar-refractivity contribution in [2.75, 3.05) is 11.9 Å². The Hall–Kier alpha value is -1.92. The first kappa shape index (κ1) is 17.1. The molecule has 0 saturated heterocycles. The van der Waals surface area contributed by atoms with Crippen LogP contribution < -0.4 is 10.1 Å². The predicted octanol–water partition coefficient (Wildman–Crippen LogP) is 3.29. The molecule has 0 amide bonds. The van der Waals surface area contributed by atoms with Gasteiger partial charge in [-0.25, -0.2) is 4.98 Å². The summed E-state index contributed by atoms with van der Waals surface area (Å²) >= 11 is 0. The van der Waals surface area contributed by atoms with Crippen LogP contribution in [0.25, 0.3) is 0 Å². The van der Waals surface area contributed by atoms with Gasteiger partial charge >= 0.3 is 5.69 Å². The summed E-state index contributed by atoms with van der Waals surface area (Å²) in [5.41, 5.74) is -0.924. The number of ether oxygens (including phenoxy) is 1. The van der Waals surface area contributed by atoms with Crippen LogP contribution in [0.3, 0.4) is 0 Å². The highest BCUT2D eigenvalue weighted by molar-refractivity contribution is 5.62. The lowest BCUT2D eigenvalue weighted by atomic mass is 9.95. The first-order valence-electron chi connectivity index (χ1n) is 6.93. The van der Waals surface area contributed by atoms with Crippen molar-refractivity contribution in [1.82, 2.24) is 9.97 Å². The summed E-state index contributed by atoms with van der Waals surface area (Å²) < 4.78 is 5.36. The molecular formula is C14H24N4O3. The Morgan fingerprint density at radius 1 is 1.19 bits per heavy atom. The van der Waals surface area contributed by atoms with Gasteiger partial charge in [0.1, 0.15) is 5.82 Å². The summed E-state index contributed by atoms with van der Waals surface area (Å²) in [5, 5.41) is 14.4. The van der Waals surface area contributed by atoms with Crippen molar-refractivity contribution in [1.29, 1.82) is 0 Å². The molecule has 21 heavy (non-hydrogen) atoms. The quantitative estimate of drug-likeness (QED) is 0.677. The third kappa shape index (κ3) is 4.54. The molecule has 0 radical (unpaired) electrons. The Bertz CT molecular complexity index is 530. The normalized spacial score (nSPS) is 12.1. The van der Waals surface area contributed by atoms with E-state index >= 15 is 0 Å². The van der Waals surface area contributed by atoms with Gasteiger partial charge in [-0.15, -0.1) is 0 Å². The zero-order valence-corrected chi connectivity index (χ0v) is 13.8. The molecule has 1 aromatic heterocycles. The lowest BCUT2D eigenvalue weighted by Gasteiger charge is -2.24. The van der Waals surface area contributed by atoms with E-state index in [9.17, 15) is 10.1 Å². The Morgan fingerprint density at radius 3 is 2.14 bits per heavy atom. The van der Waals surface area contributed by atoms with Gasteiger partial charge in [-0.05, 0) is 27.7 Å². The minimum atomic E-state index is -0.508. The van der Waals surface area contributed by atoms with Gasteiger partial charge in [-0.2, -0.15) is 4.98 Å². The van der Waals surface area contributed by atoms with Gasteiger partial charge in [0.2, 0.25) is 5.82 Å². The molecule has 0 aromatic carbocycles. The average molecular weight is 296 g/mol. The summed E-state index contributed by atoms with van der Waals surface area (Å²) in [6, 6.07) is 0. The SMILES string of the molecule is CCOc1nc(C(C)(C)C)nc(NC(C)(C)C)c1[N+](=O)[O-]. The first-order valence-corrected chi connectivity index (χ1v) is 6.93. The Kier molecular flexibility index (Phi) is 4.76. The van der Waals surface area contributed by atoms with Crippen LogP contribution in [0, 0.1) is 10.1 Å². The minimum Gasteiger partial charge on any atom is -0.473 e. The summed E-state index contributed by atoms with van der Waals surface area (Å²) in [6.45, 7) is 13.7. The highest BCUT2D eigenvalue weighted by Gasteiger charge is 2.31. The van der Waals surface area contributed by atoms with Crippen molar-refractivity contribution in [3.63, 3.8) is 0 Å². The molecule has 7 heteroatoms. The second kappa shape index (κ2) is 5.83. The van der Waals surface area contributed by atoms with Crippen LogP contribution in [0.2, 0.25) is 0 Å². The zero-order chi connectivity index (χ0) is 16.4. The molecule has 0 atom stereocenters. The van der Waals surface area contributed by atoms with Crippen LogP contribution >= 0.6 is 0 Å². The van der Waals surface area contributed by atoms with Gasteiger partial charge in [-0.1, -0.05) is 20.8 Å². The lowest BCUT2D eigenvalue weighted by Crippen LogP contribution is -2.29. The van der Waals surface area contributed by atoms with E-state index in [0.29, 0.717) is 12.4 Å². The fourth-order valence-electron chi connectivity index (χ4n) is 1.61. The van der Waals surface area contributed by atoms with Gasteiger partial charge in [0.15, 0.2) is 0 Å². The van der Waals surface area contributed by atoms with Crippen LogP contribution in [0.15, 0.2) is 0 Å². The Labute approximate surface area is 125 Å². The van der Waals surface area contributed by atoms with E-state index in [1.807, 2.05) is 41.5 Å². The smallest absolute Gasteiger partial charge is 0.372 e. The number of rotatable bonds is 4. The molecule has 1 rings (SSSR count). The molecular weight excluding hydrogens is 272 g/mol. The fourth-order valence-corrected chi connectivity index (χ4v) is 1.61. The molecule has 0 aliphatic rings. The predicted molar refractivity (Wildman–Crippen MR) is 81.9 cm³/mol. The van der Waals surface area contributed by atoms with E-state index in [1.165, 1.54) is 0 Å². The molecule has 118 valence electrons. The van der Waals surface area contributed by atoms with E-state index in [4.69, 9.17) is 4.74 Å².